The number of aryl methyl sites for hydroxylation is 2. The lowest BCUT2D eigenvalue weighted by Gasteiger charge is -2.44. The summed E-state index contributed by atoms with van der Waals surface area (Å²) in [5, 5.41) is 10.3. The predicted molar refractivity (Wildman–Crippen MR) is 111 cm³/mol. The largest absolute Gasteiger partial charge is 0.507 e. The van der Waals surface area contributed by atoms with E-state index in [9.17, 15) is 24.3 Å². The molecule has 2 aliphatic carbocycles. The van der Waals surface area contributed by atoms with Crippen LogP contribution < -0.4 is 0 Å². The van der Waals surface area contributed by atoms with E-state index < -0.39 is 23.7 Å². The minimum Gasteiger partial charge on any atom is -0.507 e. The summed E-state index contributed by atoms with van der Waals surface area (Å²) >= 11 is 0. The second kappa shape index (κ2) is 6.52. The summed E-state index contributed by atoms with van der Waals surface area (Å²) in [6.45, 7) is 3.63. The molecule has 4 aliphatic rings. The van der Waals surface area contributed by atoms with Gasteiger partial charge >= 0.3 is 0 Å². The first-order valence-corrected chi connectivity index (χ1v) is 10.8. The number of likely N-dealkylation sites (tertiary alicyclic amines) is 2. The Bertz CT molecular complexity index is 1070. The Balaban J connectivity index is 1.69. The lowest BCUT2D eigenvalue weighted by atomic mass is 9.57. The normalized spacial score (nSPS) is 34.6. The first kappa shape index (κ1) is 20.0. The third kappa shape index (κ3) is 2.52. The molecule has 6 unspecified atom stereocenters. The van der Waals surface area contributed by atoms with Crippen molar-refractivity contribution in [3.05, 3.63) is 40.5 Å². The van der Waals surface area contributed by atoms with Gasteiger partial charge in [-0.2, -0.15) is 0 Å². The molecule has 4 amide bonds. The van der Waals surface area contributed by atoms with Crippen LogP contribution in [-0.2, 0) is 19.2 Å². The van der Waals surface area contributed by atoms with E-state index in [0.29, 0.717) is 24.0 Å². The van der Waals surface area contributed by atoms with Crippen molar-refractivity contribution in [2.24, 2.45) is 29.6 Å². The fraction of sp³-hybridized carbons (Fsp3) is 0.500. The highest BCUT2D eigenvalue weighted by molar-refractivity contribution is 6.07. The number of hydrogen-bond acceptors (Lipinski definition) is 5. The average molecular weight is 422 g/mol. The van der Waals surface area contributed by atoms with Crippen LogP contribution in [0.25, 0.3) is 0 Å². The van der Waals surface area contributed by atoms with E-state index in [1.807, 2.05) is 32.1 Å². The van der Waals surface area contributed by atoms with Gasteiger partial charge in [0.05, 0.1) is 23.7 Å². The number of carbonyl (C=O) groups is 4. The second-order valence-electron chi connectivity index (χ2n) is 9.50. The number of carbonyl (C=O) groups excluding carboxylic acids is 4. The van der Waals surface area contributed by atoms with Crippen LogP contribution in [-0.4, -0.2) is 52.6 Å². The quantitative estimate of drug-likeness (QED) is 0.551. The molecule has 0 bridgehead atoms. The molecule has 7 nitrogen and oxygen atoms in total. The fourth-order valence-corrected chi connectivity index (χ4v) is 6.45. The van der Waals surface area contributed by atoms with Gasteiger partial charge in [-0.1, -0.05) is 23.8 Å². The van der Waals surface area contributed by atoms with Crippen molar-refractivity contribution in [1.82, 2.24) is 9.80 Å². The van der Waals surface area contributed by atoms with Crippen LogP contribution in [0, 0.1) is 43.4 Å². The molecule has 2 saturated heterocycles. The monoisotopic (exact) mass is 422 g/mol. The zero-order valence-corrected chi connectivity index (χ0v) is 18.1. The van der Waals surface area contributed by atoms with Crippen LogP contribution in [0.15, 0.2) is 23.8 Å². The fourth-order valence-electron chi connectivity index (χ4n) is 6.45. The Morgan fingerprint density at radius 1 is 0.806 bits per heavy atom. The van der Waals surface area contributed by atoms with Gasteiger partial charge in [0, 0.05) is 20.0 Å². The molecule has 1 aromatic rings. The molecule has 162 valence electrons. The Morgan fingerprint density at radius 2 is 1.35 bits per heavy atom. The minimum atomic E-state index is -0.523. The number of hydrogen-bond donors (Lipinski definition) is 1. The van der Waals surface area contributed by atoms with E-state index in [1.165, 1.54) is 23.9 Å². The Kier molecular flexibility index (Phi) is 4.20. The van der Waals surface area contributed by atoms with E-state index in [1.54, 1.807) is 0 Å². The van der Waals surface area contributed by atoms with Gasteiger partial charge in [0.15, 0.2) is 0 Å². The Hall–Kier alpha value is -2.96. The van der Waals surface area contributed by atoms with Gasteiger partial charge < -0.3 is 5.11 Å². The van der Waals surface area contributed by atoms with Crippen molar-refractivity contribution in [1.29, 1.82) is 0 Å². The highest BCUT2D eigenvalue weighted by atomic mass is 16.3. The van der Waals surface area contributed by atoms with Crippen LogP contribution >= 0.6 is 0 Å². The summed E-state index contributed by atoms with van der Waals surface area (Å²) in [4.78, 5) is 54.2. The maximum absolute atomic E-state index is 13.1. The number of amides is 4. The van der Waals surface area contributed by atoms with Crippen LogP contribution in [0.1, 0.15) is 35.4 Å². The number of rotatable bonds is 1. The summed E-state index contributed by atoms with van der Waals surface area (Å²) in [5.74, 6) is -3.04. The van der Waals surface area contributed by atoms with Crippen molar-refractivity contribution in [3.63, 3.8) is 0 Å². The summed E-state index contributed by atoms with van der Waals surface area (Å²) in [6, 6.07) is 3.76. The predicted octanol–water partition coefficient (Wildman–Crippen LogP) is 1.90. The Labute approximate surface area is 180 Å². The van der Waals surface area contributed by atoms with E-state index >= 15 is 0 Å². The van der Waals surface area contributed by atoms with Crippen LogP contribution in [0.3, 0.4) is 0 Å². The van der Waals surface area contributed by atoms with Gasteiger partial charge in [-0.25, -0.2) is 0 Å². The molecule has 2 aliphatic heterocycles. The maximum atomic E-state index is 13.1. The smallest absolute Gasteiger partial charge is 0.233 e. The van der Waals surface area contributed by atoms with Crippen LogP contribution in [0.2, 0.25) is 0 Å². The van der Waals surface area contributed by atoms with E-state index in [0.717, 1.165) is 11.1 Å². The number of imide groups is 2. The number of aromatic hydroxyl groups is 1. The lowest BCUT2D eigenvalue weighted by Crippen LogP contribution is -2.43. The lowest BCUT2D eigenvalue weighted by molar-refractivity contribution is -0.140. The van der Waals surface area contributed by atoms with Crippen molar-refractivity contribution < 1.29 is 24.3 Å². The summed E-state index contributed by atoms with van der Waals surface area (Å²) in [5.41, 5.74) is 3.28. The molecule has 3 fully saturated rings. The molecule has 31 heavy (non-hydrogen) atoms. The highest BCUT2D eigenvalue weighted by Crippen LogP contribution is 2.57. The van der Waals surface area contributed by atoms with E-state index in [-0.39, 0.29) is 41.2 Å². The number of phenols is 1. The van der Waals surface area contributed by atoms with Crippen LogP contribution in [0.4, 0.5) is 0 Å². The van der Waals surface area contributed by atoms with Crippen molar-refractivity contribution in [2.75, 3.05) is 14.1 Å². The first-order chi connectivity index (χ1) is 14.6. The molecule has 1 N–H and O–H groups in total. The number of allylic oxidation sites excluding steroid dienone is 2. The number of fused-ring (bicyclic) bond motifs is 4. The summed E-state index contributed by atoms with van der Waals surface area (Å²) < 4.78 is 0. The van der Waals surface area contributed by atoms with Gasteiger partial charge in [-0.15, -0.1) is 0 Å². The topological polar surface area (TPSA) is 95.0 Å². The van der Waals surface area contributed by atoms with Crippen molar-refractivity contribution in [2.45, 2.75) is 32.6 Å². The van der Waals surface area contributed by atoms with Gasteiger partial charge in [0.25, 0.3) is 0 Å². The zero-order chi connectivity index (χ0) is 22.4. The maximum Gasteiger partial charge on any atom is 0.233 e. The van der Waals surface area contributed by atoms with Crippen LogP contribution in [0.5, 0.6) is 5.75 Å². The summed E-state index contributed by atoms with van der Waals surface area (Å²) in [7, 11) is 3.04. The third-order valence-corrected chi connectivity index (χ3v) is 7.96. The number of phenolic OH excluding ortho intramolecular Hbond substituents is 1. The molecule has 5 rings (SSSR count). The number of benzene rings is 1. The molecule has 6 atom stereocenters. The summed E-state index contributed by atoms with van der Waals surface area (Å²) in [6.07, 6.45) is 2.91. The molecule has 0 spiro atoms. The highest BCUT2D eigenvalue weighted by Gasteiger charge is 2.60. The molecule has 0 aromatic heterocycles. The molecule has 1 aromatic carbocycles. The molecule has 7 heteroatoms. The molecule has 2 heterocycles. The van der Waals surface area contributed by atoms with Crippen molar-refractivity contribution >= 4 is 23.6 Å². The molecular weight excluding hydrogens is 396 g/mol. The third-order valence-electron chi connectivity index (χ3n) is 7.96. The van der Waals surface area contributed by atoms with Gasteiger partial charge in [0.1, 0.15) is 5.75 Å². The van der Waals surface area contributed by atoms with E-state index in [4.69, 9.17) is 0 Å². The van der Waals surface area contributed by atoms with Gasteiger partial charge in [0.2, 0.25) is 23.6 Å². The zero-order valence-electron chi connectivity index (χ0n) is 18.1. The van der Waals surface area contributed by atoms with E-state index in [2.05, 4.69) is 0 Å². The standard InChI is InChI=1S/C24H26N2O5/c1-10-7-12(8-11(2)20(10)27)17-13-5-6-14-18(23(30)25(3)21(14)28)15(13)9-16-19(17)24(31)26(4)22(16)29/h5,7-8,14-19,27H,6,9H2,1-4H3. The molecular formula is C24H26N2O5. The first-order valence-electron chi connectivity index (χ1n) is 10.8. The molecule has 1 saturated carbocycles. The molecule has 0 radical (unpaired) electrons. The average Bonchev–Trinajstić information content (AvgIpc) is 3.10. The second-order valence-corrected chi connectivity index (χ2v) is 9.50. The van der Waals surface area contributed by atoms with Gasteiger partial charge in [-0.05, 0) is 49.3 Å². The number of nitrogens with zero attached hydrogens (tertiary/aromatic N) is 2. The van der Waals surface area contributed by atoms with Gasteiger partial charge in [-0.3, -0.25) is 29.0 Å². The SMILES string of the molecule is Cc1cc(C2C3=CCC4C(=O)N(C)C(=O)C4C3CC3C(=O)N(C)C(=O)C32)cc(C)c1O. The Morgan fingerprint density at radius 3 is 1.97 bits per heavy atom. The van der Waals surface area contributed by atoms with Crippen molar-refractivity contribution in [3.8, 4) is 5.75 Å². The minimum absolute atomic E-state index is 0.161.